The normalized spacial score (nSPS) is 14.4. The summed E-state index contributed by atoms with van der Waals surface area (Å²) in [6.07, 6.45) is -0.111. The van der Waals surface area contributed by atoms with Crippen molar-refractivity contribution in [3.8, 4) is 0 Å². The van der Waals surface area contributed by atoms with Crippen LogP contribution in [0.1, 0.15) is 119 Å². The second-order valence-electron chi connectivity index (χ2n) is 15.3. The molecule has 0 aromatic carbocycles. The molecular formula is C35H64N8O11. The Labute approximate surface area is 317 Å². The van der Waals surface area contributed by atoms with Crippen molar-refractivity contribution in [3.05, 3.63) is 0 Å². The van der Waals surface area contributed by atoms with Crippen molar-refractivity contribution >= 4 is 47.4 Å². The number of carbonyl (C=O) groups is 8. The molecule has 0 spiro atoms. The van der Waals surface area contributed by atoms with Crippen molar-refractivity contribution in [3.63, 3.8) is 0 Å². The summed E-state index contributed by atoms with van der Waals surface area (Å²) in [4.78, 5) is 102. The number of hydrogen-bond acceptors (Lipinski definition) is 11. The average Bonchev–Trinajstić information content (AvgIpc) is 3.03. The third-order valence-corrected chi connectivity index (χ3v) is 7.79. The molecule has 5 atom stereocenters. The van der Waals surface area contributed by atoms with E-state index in [0.717, 1.165) is 0 Å². The Kier molecular flexibility index (Phi) is 22.9. The highest BCUT2D eigenvalue weighted by molar-refractivity contribution is 5.96. The topological polar surface area (TPSA) is 321 Å². The van der Waals surface area contributed by atoms with Gasteiger partial charge in [-0.2, -0.15) is 0 Å². The molecule has 0 saturated carbocycles. The van der Waals surface area contributed by atoms with Crippen LogP contribution in [0.5, 0.6) is 0 Å². The fraction of sp³-hybridized carbons (Fsp3) is 0.771. The predicted molar refractivity (Wildman–Crippen MR) is 199 cm³/mol. The van der Waals surface area contributed by atoms with Crippen LogP contribution in [-0.2, 0) is 38.4 Å². The molecular weight excluding hydrogens is 708 g/mol. The quantitative estimate of drug-likeness (QED) is 0.0467. The smallest absolute Gasteiger partial charge is 0.303 e. The van der Waals surface area contributed by atoms with E-state index in [1.807, 2.05) is 20.8 Å². The molecule has 0 fully saturated rings. The third kappa shape index (κ3) is 23.3. The summed E-state index contributed by atoms with van der Waals surface area (Å²) in [6, 6.07) is -6.37. The van der Waals surface area contributed by atoms with E-state index in [4.69, 9.17) is 11.5 Å². The molecule has 0 radical (unpaired) electrons. The maximum atomic E-state index is 13.7. The lowest BCUT2D eigenvalue weighted by molar-refractivity contribution is -0.140. The second kappa shape index (κ2) is 24.9. The maximum Gasteiger partial charge on any atom is 0.303 e. The van der Waals surface area contributed by atoms with Crippen LogP contribution < -0.4 is 43.4 Å². The Hall–Kier alpha value is -4.36. The van der Waals surface area contributed by atoms with Crippen molar-refractivity contribution in [2.45, 2.75) is 160 Å². The Bertz CT molecular complexity index is 1270. The van der Waals surface area contributed by atoms with Gasteiger partial charge in [0.15, 0.2) is 0 Å². The molecule has 0 unspecified atom stereocenters. The first-order valence-corrected chi connectivity index (χ1v) is 18.4. The lowest BCUT2D eigenvalue weighted by Crippen LogP contribution is -2.60. The highest BCUT2D eigenvalue weighted by Gasteiger charge is 2.34. The van der Waals surface area contributed by atoms with Crippen LogP contribution in [0.15, 0.2) is 0 Å². The van der Waals surface area contributed by atoms with Gasteiger partial charge in [0.25, 0.3) is 0 Å². The number of rotatable bonds is 27. The Morgan fingerprint density at radius 2 is 0.741 bits per heavy atom. The van der Waals surface area contributed by atoms with E-state index < -0.39 is 121 Å². The van der Waals surface area contributed by atoms with E-state index in [9.17, 15) is 53.7 Å². The van der Waals surface area contributed by atoms with Crippen molar-refractivity contribution in [1.82, 2.24) is 31.9 Å². The van der Waals surface area contributed by atoms with Crippen LogP contribution in [0, 0.1) is 0 Å². The minimum atomic E-state index is -1.59. The number of aliphatic carboxylic acids is 3. The van der Waals surface area contributed by atoms with Gasteiger partial charge in [-0.3, -0.25) is 38.4 Å². The first kappa shape index (κ1) is 49.6. The molecule has 0 bridgehead atoms. The van der Waals surface area contributed by atoms with Crippen LogP contribution in [0.25, 0.3) is 0 Å². The monoisotopic (exact) mass is 772 g/mol. The zero-order valence-electron chi connectivity index (χ0n) is 32.5. The molecule has 0 aromatic heterocycles. The van der Waals surface area contributed by atoms with Gasteiger partial charge in [0.1, 0.15) is 24.2 Å². The molecule has 5 amide bonds. The number of hydrogen-bond donors (Lipinski definition) is 11. The van der Waals surface area contributed by atoms with Crippen molar-refractivity contribution in [2.24, 2.45) is 11.5 Å². The van der Waals surface area contributed by atoms with Crippen LogP contribution in [0.3, 0.4) is 0 Å². The Morgan fingerprint density at radius 1 is 0.444 bits per heavy atom. The van der Waals surface area contributed by atoms with Crippen molar-refractivity contribution < 1.29 is 53.7 Å². The number of carboxylic acid groups (broad SMARTS) is 3. The summed E-state index contributed by atoms with van der Waals surface area (Å²) >= 11 is 0. The van der Waals surface area contributed by atoms with Crippen molar-refractivity contribution in [1.29, 1.82) is 0 Å². The molecule has 0 heterocycles. The molecule has 13 N–H and O–H groups in total. The minimum Gasteiger partial charge on any atom is -0.481 e. The van der Waals surface area contributed by atoms with Gasteiger partial charge in [0.2, 0.25) is 29.5 Å². The third-order valence-electron chi connectivity index (χ3n) is 7.79. The molecule has 0 aliphatic rings. The minimum absolute atomic E-state index is 0.130. The van der Waals surface area contributed by atoms with E-state index in [1.165, 1.54) is 0 Å². The molecule has 19 nitrogen and oxygen atoms in total. The summed E-state index contributed by atoms with van der Waals surface area (Å²) in [7, 11) is 0. The van der Waals surface area contributed by atoms with Gasteiger partial charge in [-0.25, -0.2) is 0 Å². The highest BCUT2D eigenvalue weighted by atomic mass is 16.4. The van der Waals surface area contributed by atoms with Crippen LogP contribution in [0.2, 0.25) is 0 Å². The predicted octanol–water partition coefficient (Wildman–Crippen LogP) is -0.551. The van der Waals surface area contributed by atoms with E-state index in [0.29, 0.717) is 45.2 Å². The molecule has 310 valence electrons. The average molecular weight is 773 g/mol. The maximum absolute atomic E-state index is 13.7. The molecule has 0 aliphatic carbocycles. The standard InChI is InChI=1S/C35H64N8O11/c1-34(2,3)42-25(12-8-10-20-37)32(53)38-21(11-7-9-19-36)29(50)39-22(13-16-26(44)45)30(51)40-23(14-17-27(46)47)31(52)41-24(15-18-28(48)49)33(54)43-35(4,5)6/h21-25,42H,7-20,36-37H2,1-6H3,(H,38,53)(H,39,50)(H,40,51)(H,41,52)(H,43,54)(H,44,45)(H,46,47)(H,48,49)/t21-,22-,23-,24-,25-/m0/s1. The van der Waals surface area contributed by atoms with Crippen LogP contribution in [0.4, 0.5) is 0 Å². The molecule has 19 heteroatoms. The van der Waals surface area contributed by atoms with Crippen LogP contribution in [-0.4, -0.2) is 117 Å². The number of unbranched alkanes of at least 4 members (excludes halogenated alkanes) is 2. The fourth-order valence-electron chi connectivity index (χ4n) is 5.20. The fourth-order valence-corrected chi connectivity index (χ4v) is 5.20. The lowest BCUT2D eigenvalue weighted by Gasteiger charge is -2.30. The summed E-state index contributed by atoms with van der Waals surface area (Å²) < 4.78 is 0. The highest BCUT2D eigenvalue weighted by Crippen LogP contribution is 2.11. The summed E-state index contributed by atoms with van der Waals surface area (Å²) in [5.41, 5.74) is 10.1. The number of carbonyl (C=O) groups excluding carboxylic acids is 5. The first-order valence-electron chi connectivity index (χ1n) is 18.4. The second-order valence-corrected chi connectivity index (χ2v) is 15.3. The van der Waals surface area contributed by atoms with Gasteiger partial charge in [-0.05, 0) is 106 Å². The number of nitrogens with two attached hydrogens (primary N) is 2. The van der Waals surface area contributed by atoms with Crippen LogP contribution >= 0.6 is 0 Å². The summed E-state index contributed by atoms with van der Waals surface area (Å²) in [5.74, 6) is -7.88. The Morgan fingerprint density at radius 3 is 1.04 bits per heavy atom. The zero-order valence-corrected chi connectivity index (χ0v) is 32.5. The van der Waals surface area contributed by atoms with Gasteiger partial charge < -0.3 is 58.7 Å². The molecule has 0 rings (SSSR count). The molecule has 0 aliphatic heterocycles. The van der Waals surface area contributed by atoms with E-state index >= 15 is 0 Å². The molecule has 0 aromatic rings. The zero-order chi connectivity index (χ0) is 41.6. The number of amides is 5. The SMILES string of the molecule is CC(C)(C)NC(=O)[C@H](CCC(=O)O)NC(=O)[C@H](CCC(=O)O)NC(=O)[C@H](CCC(=O)O)NC(=O)[C@H](CCCCN)NC(=O)[C@H](CCCCN)NC(C)(C)C. The summed E-state index contributed by atoms with van der Waals surface area (Å²) in [5, 5.41) is 43.8. The van der Waals surface area contributed by atoms with Gasteiger partial charge in [-0.15, -0.1) is 0 Å². The van der Waals surface area contributed by atoms with Crippen molar-refractivity contribution in [2.75, 3.05) is 13.1 Å². The number of carboxylic acids is 3. The van der Waals surface area contributed by atoms with Gasteiger partial charge in [0, 0.05) is 30.3 Å². The van der Waals surface area contributed by atoms with Gasteiger partial charge in [-0.1, -0.05) is 6.42 Å². The van der Waals surface area contributed by atoms with Gasteiger partial charge >= 0.3 is 17.9 Å². The Balaban J connectivity index is 6.42. The lowest BCUT2D eigenvalue weighted by atomic mass is 10.0. The van der Waals surface area contributed by atoms with Gasteiger partial charge in [0.05, 0.1) is 6.04 Å². The van der Waals surface area contributed by atoms with E-state index in [1.54, 1.807) is 20.8 Å². The number of nitrogens with one attached hydrogen (secondary N) is 6. The molecule has 54 heavy (non-hydrogen) atoms. The van der Waals surface area contributed by atoms with E-state index in [-0.39, 0.29) is 12.8 Å². The van der Waals surface area contributed by atoms with E-state index in [2.05, 4.69) is 31.9 Å². The summed E-state index contributed by atoms with van der Waals surface area (Å²) in [6.45, 7) is 11.4. The molecule has 0 saturated heterocycles. The first-order chi connectivity index (χ1) is 25.0. The largest absolute Gasteiger partial charge is 0.481 e.